The molecule has 0 atom stereocenters. The normalized spacial score (nSPS) is 14.8. The minimum atomic E-state index is -0.902. The summed E-state index contributed by atoms with van der Waals surface area (Å²) in [6.07, 6.45) is 0.275. The number of hydrogen-bond donors (Lipinski definition) is 1. The molecule has 0 aliphatic carbocycles. The lowest BCUT2D eigenvalue weighted by molar-refractivity contribution is -0.138. The van der Waals surface area contributed by atoms with E-state index in [0.29, 0.717) is 39.0 Å². The lowest BCUT2D eigenvalue weighted by atomic mass is 9.95. The van der Waals surface area contributed by atoms with Crippen LogP contribution in [0.15, 0.2) is 60.7 Å². The standard InChI is InChI=1S/C21H24N2O3/c24-20(19-11-13-22(14-12-19)21(25)26)23(15-17-7-3-1-4-8-17)16-18-9-5-2-6-10-18/h1-10,19H,11-16H2,(H,25,26). The second-order valence-electron chi connectivity index (χ2n) is 6.71. The summed E-state index contributed by atoms with van der Waals surface area (Å²) >= 11 is 0. The summed E-state index contributed by atoms with van der Waals surface area (Å²) in [4.78, 5) is 27.5. The monoisotopic (exact) mass is 352 g/mol. The van der Waals surface area contributed by atoms with E-state index >= 15 is 0 Å². The summed E-state index contributed by atoms with van der Waals surface area (Å²) in [7, 11) is 0. The van der Waals surface area contributed by atoms with Crippen LogP contribution in [-0.4, -0.2) is 40.0 Å². The van der Waals surface area contributed by atoms with E-state index < -0.39 is 6.09 Å². The zero-order valence-corrected chi connectivity index (χ0v) is 14.8. The zero-order valence-electron chi connectivity index (χ0n) is 14.8. The Hall–Kier alpha value is -2.82. The van der Waals surface area contributed by atoms with Crippen molar-refractivity contribution in [1.29, 1.82) is 0 Å². The molecule has 136 valence electrons. The second-order valence-corrected chi connectivity index (χ2v) is 6.71. The van der Waals surface area contributed by atoms with E-state index in [-0.39, 0.29) is 11.8 Å². The molecule has 2 aromatic rings. The number of carbonyl (C=O) groups excluding carboxylic acids is 1. The third kappa shape index (κ3) is 4.63. The molecule has 1 fully saturated rings. The molecule has 1 N–H and O–H groups in total. The van der Waals surface area contributed by atoms with Gasteiger partial charge in [-0.2, -0.15) is 0 Å². The van der Waals surface area contributed by atoms with Crippen LogP contribution in [0.1, 0.15) is 24.0 Å². The maximum Gasteiger partial charge on any atom is 0.407 e. The summed E-state index contributed by atoms with van der Waals surface area (Å²) < 4.78 is 0. The van der Waals surface area contributed by atoms with E-state index in [9.17, 15) is 9.59 Å². The minimum absolute atomic E-state index is 0.113. The van der Waals surface area contributed by atoms with Gasteiger partial charge in [0.1, 0.15) is 0 Å². The van der Waals surface area contributed by atoms with Crippen molar-refractivity contribution in [2.45, 2.75) is 25.9 Å². The average molecular weight is 352 g/mol. The van der Waals surface area contributed by atoms with Crippen LogP contribution in [0.5, 0.6) is 0 Å². The maximum atomic E-state index is 13.1. The molecule has 26 heavy (non-hydrogen) atoms. The van der Waals surface area contributed by atoms with Gasteiger partial charge in [0.05, 0.1) is 0 Å². The first kappa shape index (κ1) is 18.0. The number of nitrogens with zero attached hydrogens (tertiary/aromatic N) is 2. The molecular formula is C21H24N2O3. The molecule has 0 unspecified atom stereocenters. The van der Waals surface area contributed by atoms with Crippen LogP contribution >= 0.6 is 0 Å². The van der Waals surface area contributed by atoms with Crippen LogP contribution < -0.4 is 0 Å². The van der Waals surface area contributed by atoms with Crippen molar-refractivity contribution >= 4 is 12.0 Å². The first-order valence-electron chi connectivity index (χ1n) is 8.98. The lowest BCUT2D eigenvalue weighted by Gasteiger charge is -2.33. The Morgan fingerprint density at radius 2 is 1.35 bits per heavy atom. The molecule has 1 heterocycles. The Bertz CT molecular complexity index is 684. The summed E-state index contributed by atoms with van der Waals surface area (Å²) in [6, 6.07) is 19.9. The van der Waals surface area contributed by atoms with Gasteiger partial charge in [-0.15, -0.1) is 0 Å². The predicted octanol–water partition coefficient (Wildman–Crippen LogP) is 3.61. The van der Waals surface area contributed by atoms with Gasteiger partial charge in [-0.25, -0.2) is 4.79 Å². The van der Waals surface area contributed by atoms with Crippen LogP contribution in [0.3, 0.4) is 0 Å². The minimum Gasteiger partial charge on any atom is -0.465 e. The molecule has 5 nitrogen and oxygen atoms in total. The maximum absolute atomic E-state index is 13.1. The number of carbonyl (C=O) groups is 2. The molecule has 3 rings (SSSR count). The van der Waals surface area contributed by atoms with Crippen LogP contribution in [-0.2, 0) is 17.9 Å². The first-order chi connectivity index (χ1) is 12.6. The number of piperidine rings is 1. The topological polar surface area (TPSA) is 60.9 Å². The third-order valence-electron chi connectivity index (χ3n) is 4.86. The van der Waals surface area contributed by atoms with Gasteiger partial charge in [-0.1, -0.05) is 60.7 Å². The van der Waals surface area contributed by atoms with Gasteiger partial charge < -0.3 is 14.9 Å². The Kier molecular flexibility index (Phi) is 5.89. The fourth-order valence-corrected chi connectivity index (χ4v) is 3.40. The summed E-state index contributed by atoms with van der Waals surface area (Å²) in [5.74, 6) is 0.000712. The largest absolute Gasteiger partial charge is 0.465 e. The van der Waals surface area contributed by atoms with Gasteiger partial charge in [0.25, 0.3) is 0 Å². The molecule has 2 aromatic carbocycles. The zero-order chi connectivity index (χ0) is 18.4. The summed E-state index contributed by atoms with van der Waals surface area (Å²) in [5, 5.41) is 9.09. The molecule has 5 heteroatoms. The Morgan fingerprint density at radius 1 is 0.885 bits per heavy atom. The number of hydrogen-bond acceptors (Lipinski definition) is 2. The van der Waals surface area contributed by atoms with E-state index in [1.807, 2.05) is 65.6 Å². The first-order valence-corrected chi connectivity index (χ1v) is 8.98. The van der Waals surface area contributed by atoms with Crippen molar-refractivity contribution in [3.8, 4) is 0 Å². The summed E-state index contributed by atoms with van der Waals surface area (Å²) in [6.45, 7) is 1.98. The molecule has 1 saturated heterocycles. The van der Waals surface area contributed by atoms with E-state index in [1.54, 1.807) is 0 Å². The number of amides is 2. The van der Waals surface area contributed by atoms with Crippen molar-refractivity contribution in [3.05, 3.63) is 71.8 Å². The molecule has 0 aromatic heterocycles. The number of rotatable bonds is 5. The predicted molar refractivity (Wildman–Crippen MR) is 99.5 cm³/mol. The average Bonchev–Trinajstić information content (AvgIpc) is 2.68. The van der Waals surface area contributed by atoms with Crippen molar-refractivity contribution in [2.24, 2.45) is 5.92 Å². The van der Waals surface area contributed by atoms with Gasteiger partial charge >= 0.3 is 6.09 Å². The Labute approximate surface area is 153 Å². The highest BCUT2D eigenvalue weighted by Crippen LogP contribution is 2.22. The smallest absolute Gasteiger partial charge is 0.407 e. The molecule has 0 saturated carbocycles. The van der Waals surface area contributed by atoms with Crippen LogP contribution in [0.2, 0.25) is 0 Å². The molecule has 1 aliphatic rings. The lowest BCUT2D eigenvalue weighted by Crippen LogP contribution is -2.43. The highest BCUT2D eigenvalue weighted by atomic mass is 16.4. The third-order valence-corrected chi connectivity index (χ3v) is 4.86. The highest BCUT2D eigenvalue weighted by molar-refractivity contribution is 5.79. The van der Waals surface area contributed by atoms with E-state index in [0.717, 1.165) is 11.1 Å². The van der Waals surface area contributed by atoms with Crippen molar-refractivity contribution in [1.82, 2.24) is 9.80 Å². The van der Waals surface area contributed by atoms with Crippen LogP contribution in [0.25, 0.3) is 0 Å². The number of benzene rings is 2. The van der Waals surface area contributed by atoms with E-state index in [2.05, 4.69) is 0 Å². The van der Waals surface area contributed by atoms with Crippen molar-refractivity contribution in [2.75, 3.05) is 13.1 Å². The van der Waals surface area contributed by atoms with Crippen LogP contribution in [0, 0.1) is 5.92 Å². The quantitative estimate of drug-likeness (QED) is 0.894. The van der Waals surface area contributed by atoms with Gasteiger partial charge in [0.2, 0.25) is 5.91 Å². The van der Waals surface area contributed by atoms with Crippen molar-refractivity contribution in [3.63, 3.8) is 0 Å². The van der Waals surface area contributed by atoms with Gasteiger partial charge in [-0.3, -0.25) is 4.79 Å². The fraction of sp³-hybridized carbons (Fsp3) is 0.333. The molecule has 0 radical (unpaired) electrons. The van der Waals surface area contributed by atoms with Crippen LogP contribution in [0.4, 0.5) is 4.79 Å². The molecule has 0 bridgehead atoms. The Balaban J connectivity index is 1.72. The number of likely N-dealkylation sites (tertiary alicyclic amines) is 1. The SMILES string of the molecule is O=C(O)N1CCC(C(=O)N(Cc2ccccc2)Cc2ccccc2)CC1. The molecule has 0 spiro atoms. The Morgan fingerprint density at radius 3 is 1.77 bits per heavy atom. The second kappa shape index (κ2) is 8.52. The molecular weight excluding hydrogens is 328 g/mol. The highest BCUT2D eigenvalue weighted by Gasteiger charge is 2.30. The van der Waals surface area contributed by atoms with Gasteiger partial charge in [-0.05, 0) is 24.0 Å². The van der Waals surface area contributed by atoms with Gasteiger partial charge in [0, 0.05) is 32.1 Å². The van der Waals surface area contributed by atoms with E-state index in [4.69, 9.17) is 5.11 Å². The molecule has 2 amide bonds. The summed E-state index contributed by atoms with van der Waals surface area (Å²) in [5.41, 5.74) is 2.19. The molecule has 1 aliphatic heterocycles. The van der Waals surface area contributed by atoms with Gasteiger partial charge in [0.15, 0.2) is 0 Å². The number of carboxylic acid groups (broad SMARTS) is 1. The van der Waals surface area contributed by atoms with E-state index in [1.165, 1.54) is 4.90 Å². The fourth-order valence-electron chi connectivity index (χ4n) is 3.40. The van der Waals surface area contributed by atoms with Crippen molar-refractivity contribution < 1.29 is 14.7 Å².